The molecule has 0 atom stereocenters. The molecule has 1 saturated heterocycles. The Morgan fingerprint density at radius 2 is 1.81 bits per heavy atom. The molecule has 2 aromatic rings. The largest absolute Gasteiger partial charge is 0.382 e. The molecule has 2 N–H and O–H groups in total. The lowest BCUT2D eigenvalue weighted by atomic mass is 10.0. The number of pyridine rings is 1. The molecule has 7 heteroatoms. The number of nitrogen functional groups attached to an aromatic ring is 1. The number of hydrogen-bond acceptors (Lipinski definition) is 7. The molecule has 1 aliphatic heterocycles. The fourth-order valence-electron chi connectivity index (χ4n) is 4.83. The molecule has 0 amide bonds. The van der Waals surface area contributed by atoms with Gasteiger partial charge in [0.2, 0.25) is 0 Å². The Morgan fingerprint density at radius 1 is 1.11 bits per heavy atom. The van der Waals surface area contributed by atoms with Crippen molar-refractivity contribution < 1.29 is 9.47 Å². The minimum absolute atomic E-state index is 0.0601. The van der Waals surface area contributed by atoms with Crippen molar-refractivity contribution in [1.29, 1.82) is 0 Å². The average Bonchev–Trinajstić information content (AvgIpc) is 2.84. The summed E-state index contributed by atoms with van der Waals surface area (Å²) in [6.07, 6.45) is 2.17. The van der Waals surface area contributed by atoms with E-state index in [9.17, 15) is 0 Å². The van der Waals surface area contributed by atoms with Crippen molar-refractivity contribution in [2.24, 2.45) is 4.99 Å². The summed E-state index contributed by atoms with van der Waals surface area (Å²) in [4.78, 5) is 14.6. The maximum absolute atomic E-state index is 6.32. The third-order valence-electron chi connectivity index (χ3n) is 7.15. The van der Waals surface area contributed by atoms with Crippen LogP contribution in [-0.2, 0) is 15.9 Å². The van der Waals surface area contributed by atoms with Gasteiger partial charge in [-0.2, -0.15) is 0 Å². The number of aliphatic imine (C=N–C) groups is 1. The molecule has 1 aromatic heterocycles. The van der Waals surface area contributed by atoms with Crippen molar-refractivity contribution >= 4 is 28.1 Å². The summed E-state index contributed by atoms with van der Waals surface area (Å²) in [5.41, 5.74) is 11.3. The van der Waals surface area contributed by atoms with Gasteiger partial charge in [-0.3, -0.25) is 9.89 Å². The third kappa shape index (κ3) is 8.47. The first kappa shape index (κ1) is 29.5. The standard InChI is InChI=1S/C30H49N5O2/c1-9-36-20-22(2)32-27-23(3)25-13-12-24(19-26(25)33-28(27)31)11-10-14-34-15-17-35(18-16-34)30(7,8)21-37-29(4,5)6/h12-13,19H,9-11,14-18,20-21H2,1-8H3,(H2,31,33). The minimum Gasteiger partial charge on any atom is -0.382 e. The second kappa shape index (κ2) is 12.7. The molecule has 0 unspecified atom stereocenters. The van der Waals surface area contributed by atoms with E-state index in [0.29, 0.717) is 19.0 Å². The van der Waals surface area contributed by atoms with E-state index < -0.39 is 0 Å². The lowest BCUT2D eigenvalue weighted by Crippen LogP contribution is -2.57. The maximum Gasteiger partial charge on any atom is 0.150 e. The summed E-state index contributed by atoms with van der Waals surface area (Å²) in [5, 5.41) is 1.11. The number of hydrogen-bond donors (Lipinski definition) is 1. The maximum atomic E-state index is 6.32. The van der Waals surface area contributed by atoms with Gasteiger partial charge in [0.1, 0.15) is 11.5 Å². The molecule has 0 bridgehead atoms. The van der Waals surface area contributed by atoms with Crippen LogP contribution in [0.5, 0.6) is 0 Å². The van der Waals surface area contributed by atoms with Crippen LogP contribution in [0.3, 0.4) is 0 Å². The van der Waals surface area contributed by atoms with Crippen LogP contribution in [0.2, 0.25) is 0 Å². The molecule has 0 spiro atoms. The van der Waals surface area contributed by atoms with Crippen molar-refractivity contribution in [1.82, 2.24) is 14.8 Å². The fraction of sp³-hybridized carbons (Fsp3) is 0.667. The van der Waals surface area contributed by atoms with Crippen LogP contribution in [0.25, 0.3) is 10.9 Å². The number of rotatable bonds is 11. The summed E-state index contributed by atoms with van der Waals surface area (Å²) >= 11 is 0. The average molecular weight is 512 g/mol. The van der Waals surface area contributed by atoms with Crippen LogP contribution < -0.4 is 5.73 Å². The molecular weight excluding hydrogens is 462 g/mol. The molecule has 7 nitrogen and oxygen atoms in total. The predicted molar refractivity (Wildman–Crippen MR) is 156 cm³/mol. The summed E-state index contributed by atoms with van der Waals surface area (Å²) in [5.74, 6) is 0.478. The first-order valence-electron chi connectivity index (χ1n) is 13.8. The molecule has 37 heavy (non-hydrogen) atoms. The van der Waals surface area contributed by atoms with Crippen molar-refractivity contribution in [3.63, 3.8) is 0 Å². The van der Waals surface area contributed by atoms with E-state index >= 15 is 0 Å². The summed E-state index contributed by atoms with van der Waals surface area (Å²) in [6.45, 7) is 24.4. The normalized spacial score (nSPS) is 16.6. The molecule has 0 aliphatic carbocycles. The third-order valence-corrected chi connectivity index (χ3v) is 7.15. The number of nitrogens with two attached hydrogens (primary N) is 1. The Hall–Kier alpha value is -2.06. The highest BCUT2D eigenvalue weighted by Gasteiger charge is 2.31. The summed E-state index contributed by atoms with van der Waals surface area (Å²) < 4.78 is 11.6. The second-order valence-corrected chi connectivity index (χ2v) is 12.0. The fourth-order valence-corrected chi connectivity index (χ4v) is 4.83. The van der Waals surface area contributed by atoms with Gasteiger partial charge in [-0.1, -0.05) is 12.1 Å². The first-order valence-corrected chi connectivity index (χ1v) is 13.8. The Bertz CT molecular complexity index is 1070. The van der Waals surface area contributed by atoms with Gasteiger partial charge in [-0.15, -0.1) is 0 Å². The number of aryl methyl sites for hydroxylation is 2. The summed E-state index contributed by atoms with van der Waals surface area (Å²) in [7, 11) is 0. The Labute approximate surface area is 224 Å². The second-order valence-electron chi connectivity index (χ2n) is 12.0. The topological polar surface area (TPSA) is 76.2 Å². The minimum atomic E-state index is -0.0965. The van der Waals surface area contributed by atoms with Crippen LogP contribution in [0, 0.1) is 6.92 Å². The number of nitrogens with zero attached hydrogens (tertiary/aromatic N) is 4. The molecular formula is C30H49N5O2. The van der Waals surface area contributed by atoms with E-state index in [1.165, 1.54) is 5.56 Å². The van der Waals surface area contributed by atoms with Crippen molar-refractivity contribution in [2.75, 3.05) is 58.3 Å². The molecule has 3 rings (SSSR count). The molecule has 0 saturated carbocycles. The molecule has 206 valence electrons. The van der Waals surface area contributed by atoms with E-state index in [4.69, 9.17) is 25.2 Å². The van der Waals surface area contributed by atoms with Crippen LogP contribution in [0.4, 0.5) is 11.5 Å². The zero-order valence-corrected chi connectivity index (χ0v) is 24.5. The highest BCUT2D eigenvalue weighted by Crippen LogP contribution is 2.32. The van der Waals surface area contributed by atoms with Crippen molar-refractivity contribution in [3.8, 4) is 0 Å². The van der Waals surface area contributed by atoms with E-state index in [1.54, 1.807) is 0 Å². The quantitative estimate of drug-likeness (QED) is 0.407. The van der Waals surface area contributed by atoms with Crippen LogP contribution >= 0.6 is 0 Å². The van der Waals surface area contributed by atoms with E-state index in [2.05, 4.69) is 69.5 Å². The Morgan fingerprint density at radius 3 is 2.46 bits per heavy atom. The summed E-state index contributed by atoms with van der Waals surface area (Å²) in [6, 6.07) is 6.59. The molecule has 1 aromatic carbocycles. The highest BCUT2D eigenvalue weighted by molar-refractivity contribution is 5.94. The van der Waals surface area contributed by atoms with Crippen LogP contribution in [0.15, 0.2) is 23.2 Å². The Balaban J connectivity index is 1.53. The van der Waals surface area contributed by atoms with Gasteiger partial charge in [0.05, 0.1) is 24.3 Å². The van der Waals surface area contributed by atoms with Gasteiger partial charge in [0.25, 0.3) is 0 Å². The van der Waals surface area contributed by atoms with Gasteiger partial charge in [0, 0.05) is 49.4 Å². The first-order chi connectivity index (χ1) is 17.4. The lowest BCUT2D eigenvalue weighted by Gasteiger charge is -2.44. The van der Waals surface area contributed by atoms with Gasteiger partial charge in [-0.25, -0.2) is 4.98 Å². The van der Waals surface area contributed by atoms with Gasteiger partial charge >= 0.3 is 0 Å². The van der Waals surface area contributed by atoms with E-state index in [0.717, 1.165) is 80.0 Å². The number of anilines is 1. The predicted octanol–water partition coefficient (Wildman–Crippen LogP) is 5.40. The van der Waals surface area contributed by atoms with E-state index in [-0.39, 0.29) is 11.1 Å². The van der Waals surface area contributed by atoms with Gasteiger partial charge < -0.3 is 20.1 Å². The van der Waals surface area contributed by atoms with Crippen molar-refractivity contribution in [3.05, 3.63) is 29.3 Å². The smallest absolute Gasteiger partial charge is 0.150 e. The number of aromatic nitrogens is 1. The SMILES string of the molecule is CCOCC(C)=Nc1c(N)nc2cc(CCCN3CCN(C(C)(C)COC(C)(C)C)CC3)ccc2c1C. The highest BCUT2D eigenvalue weighted by atomic mass is 16.5. The van der Waals surface area contributed by atoms with Crippen LogP contribution in [0.1, 0.15) is 66.0 Å². The lowest BCUT2D eigenvalue weighted by molar-refractivity contribution is -0.0707. The van der Waals surface area contributed by atoms with E-state index in [1.807, 2.05) is 13.8 Å². The molecule has 1 aliphatic rings. The number of fused-ring (bicyclic) bond motifs is 1. The zero-order chi connectivity index (χ0) is 27.2. The van der Waals surface area contributed by atoms with Crippen molar-refractivity contribution in [2.45, 2.75) is 79.4 Å². The Kier molecular flexibility index (Phi) is 10.1. The molecule has 1 fully saturated rings. The number of ether oxygens (including phenoxy) is 2. The van der Waals surface area contributed by atoms with Crippen LogP contribution in [-0.4, -0.2) is 84.2 Å². The monoisotopic (exact) mass is 511 g/mol. The zero-order valence-electron chi connectivity index (χ0n) is 24.5. The van der Waals surface area contributed by atoms with Gasteiger partial charge in [0.15, 0.2) is 0 Å². The van der Waals surface area contributed by atoms with Gasteiger partial charge in [-0.05, 0) is 92.0 Å². The molecule has 0 radical (unpaired) electrons. The number of benzene rings is 1. The molecule has 2 heterocycles. The number of piperazine rings is 1.